The van der Waals surface area contributed by atoms with E-state index in [-0.39, 0.29) is 29.7 Å². The van der Waals surface area contributed by atoms with Gasteiger partial charge in [-0.2, -0.15) is 9.68 Å². The van der Waals surface area contributed by atoms with Gasteiger partial charge >= 0.3 is 5.97 Å². The van der Waals surface area contributed by atoms with Crippen LogP contribution < -0.4 is 9.37 Å². The molecular formula is C18H20N6O2PS+. The molecule has 0 amide bonds. The zero-order chi connectivity index (χ0) is 19.9. The molecule has 8 nitrogen and oxygen atoms in total. The molecular weight excluding hydrogens is 395 g/mol. The lowest BCUT2D eigenvalue weighted by Gasteiger charge is -2.03. The normalized spacial score (nSPS) is 12.2. The van der Waals surface area contributed by atoms with E-state index in [2.05, 4.69) is 24.7 Å². The van der Waals surface area contributed by atoms with Gasteiger partial charge in [-0.1, -0.05) is 41.7 Å². The number of aromatic nitrogens is 3. The Kier molecular flexibility index (Phi) is 6.73. The van der Waals surface area contributed by atoms with Crippen LogP contribution in [-0.4, -0.2) is 21.6 Å². The Morgan fingerprint density at radius 1 is 1.32 bits per heavy atom. The van der Waals surface area contributed by atoms with Crippen molar-refractivity contribution in [2.75, 3.05) is 0 Å². The summed E-state index contributed by atoms with van der Waals surface area (Å²) in [5.74, 6) is -0.358. The van der Waals surface area contributed by atoms with Crippen molar-refractivity contribution in [2.24, 2.45) is 10.3 Å². The van der Waals surface area contributed by atoms with Gasteiger partial charge in [-0.15, -0.1) is 19.1 Å². The first-order chi connectivity index (χ1) is 13.5. The van der Waals surface area contributed by atoms with Crippen LogP contribution in [0, 0.1) is 5.41 Å². The van der Waals surface area contributed by atoms with Crippen molar-refractivity contribution < 1.29 is 14.1 Å². The maximum atomic E-state index is 12.0. The van der Waals surface area contributed by atoms with Gasteiger partial charge in [0.15, 0.2) is 12.4 Å². The summed E-state index contributed by atoms with van der Waals surface area (Å²) in [5, 5.41) is 20.8. The van der Waals surface area contributed by atoms with Crippen molar-refractivity contribution in [2.45, 2.75) is 25.9 Å². The maximum absolute atomic E-state index is 12.0. The Labute approximate surface area is 168 Å². The van der Waals surface area contributed by atoms with Gasteiger partial charge < -0.3 is 4.74 Å². The molecule has 0 radical (unpaired) electrons. The molecule has 2 atom stereocenters. The number of esters is 1. The third-order valence-corrected chi connectivity index (χ3v) is 4.57. The number of nitrogens with one attached hydrogen (secondary N) is 1. The average molecular weight is 415 g/mol. The molecule has 10 heteroatoms. The van der Waals surface area contributed by atoms with Crippen molar-refractivity contribution >= 4 is 26.5 Å². The molecule has 0 fully saturated rings. The Balaban J connectivity index is 1.61. The fourth-order valence-electron chi connectivity index (χ4n) is 2.23. The van der Waals surface area contributed by atoms with Crippen molar-refractivity contribution in [3.05, 3.63) is 65.2 Å². The van der Waals surface area contributed by atoms with Crippen LogP contribution in [0.1, 0.15) is 12.5 Å². The summed E-state index contributed by atoms with van der Waals surface area (Å²) in [6, 6.07) is 13.2. The van der Waals surface area contributed by atoms with Gasteiger partial charge in [0.1, 0.15) is 11.6 Å². The number of carbonyl (C=O) groups excluding carboxylic acids is 1. The fourth-order valence-corrected chi connectivity index (χ4v) is 3.00. The molecule has 1 N–H and O–H groups in total. The van der Waals surface area contributed by atoms with E-state index in [4.69, 9.17) is 10.1 Å². The van der Waals surface area contributed by atoms with Crippen LogP contribution in [0.15, 0.2) is 65.2 Å². The molecule has 28 heavy (non-hydrogen) atoms. The Morgan fingerprint density at radius 3 is 2.71 bits per heavy atom. The highest BCUT2D eigenvalue weighted by Crippen LogP contribution is 2.17. The molecule has 0 saturated carbocycles. The molecule has 0 saturated heterocycles. The molecule has 2 heterocycles. The molecule has 3 aromatic rings. The van der Waals surface area contributed by atoms with E-state index < -0.39 is 0 Å². The molecule has 0 bridgehead atoms. The van der Waals surface area contributed by atoms with Crippen LogP contribution in [0.5, 0.6) is 0 Å². The lowest BCUT2D eigenvalue weighted by atomic mass is 10.2. The largest absolute Gasteiger partial charge is 0.456 e. The molecule has 0 aliphatic carbocycles. The zero-order valence-electron chi connectivity index (χ0n) is 15.2. The predicted molar refractivity (Wildman–Crippen MR) is 107 cm³/mol. The van der Waals surface area contributed by atoms with Crippen molar-refractivity contribution in [3.63, 3.8) is 0 Å². The van der Waals surface area contributed by atoms with Crippen LogP contribution in [0.25, 0.3) is 10.6 Å². The number of carbonyl (C=O) groups is 1. The maximum Gasteiger partial charge on any atom is 0.373 e. The van der Waals surface area contributed by atoms with Crippen LogP contribution in [-0.2, 0) is 22.7 Å². The number of ether oxygens (including phenoxy) is 1. The average Bonchev–Trinajstić information content (AvgIpc) is 3.07. The van der Waals surface area contributed by atoms with E-state index in [1.807, 2.05) is 49.4 Å². The second kappa shape index (κ2) is 9.43. The first-order valence-electron chi connectivity index (χ1n) is 8.52. The molecule has 0 aliphatic rings. The van der Waals surface area contributed by atoms with Gasteiger partial charge in [-0.25, -0.2) is 4.79 Å². The number of nitrogens with zero attached hydrogens (tertiary/aromatic N) is 5. The standard InChI is InChI=1S/C18H20N6O2PS/c1-13(27)20-22-24-18(19)28-17(21-24)15-7-9-23(10-8-15)11-16(25)26-12-14-5-3-2-4-6-14/h2-10,13,19H,11-12,27H2,1H3/q+1. The minimum Gasteiger partial charge on any atom is -0.456 e. The third-order valence-electron chi connectivity index (χ3n) is 3.57. The monoisotopic (exact) mass is 415 g/mol. The summed E-state index contributed by atoms with van der Waals surface area (Å²) >= 11 is 1.20. The van der Waals surface area contributed by atoms with E-state index in [9.17, 15) is 4.79 Å². The smallest absolute Gasteiger partial charge is 0.373 e. The SMILES string of the molecule is CC(P)N=Nn1nc(-c2cc[n+](CC(=O)OCc3ccccc3)cc2)sc1=N. The van der Waals surface area contributed by atoms with E-state index in [1.165, 1.54) is 16.1 Å². The Hall–Kier alpha value is -2.77. The lowest BCUT2D eigenvalue weighted by molar-refractivity contribution is -0.685. The summed E-state index contributed by atoms with van der Waals surface area (Å²) < 4.78 is 7.02. The highest BCUT2D eigenvalue weighted by Gasteiger charge is 2.13. The number of rotatable bonds is 7. The molecule has 144 valence electrons. The van der Waals surface area contributed by atoms with Crippen molar-refractivity contribution in [1.82, 2.24) is 9.89 Å². The first kappa shape index (κ1) is 20.0. The summed E-state index contributed by atoms with van der Waals surface area (Å²) in [5.41, 5.74) is 1.79. The molecule has 0 aliphatic heterocycles. The minimum absolute atomic E-state index is 0.0469. The Bertz CT molecular complexity index is 1010. The second-order valence-corrected chi connectivity index (χ2v) is 7.90. The first-order valence-corrected chi connectivity index (χ1v) is 10.00. The molecule has 3 rings (SSSR count). The van der Waals surface area contributed by atoms with E-state index in [1.54, 1.807) is 17.0 Å². The van der Waals surface area contributed by atoms with Gasteiger partial charge in [0.2, 0.25) is 11.3 Å². The minimum atomic E-state index is -0.311. The van der Waals surface area contributed by atoms with E-state index >= 15 is 0 Å². The highest BCUT2D eigenvalue weighted by atomic mass is 32.1. The quantitative estimate of drug-likeness (QED) is 0.278. The highest BCUT2D eigenvalue weighted by molar-refractivity contribution is 7.17. The number of hydrogen-bond donors (Lipinski definition) is 1. The summed E-state index contributed by atoms with van der Waals surface area (Å²) in [6.45, 7) is 2.24. The number of hydrogen-bond acceptors (Lipinski definition) is 7. The number of pyridine rings is 1. The van der Waals surface area contributed by atoms with Gasteiger partial charge in [0.25, 0.3) is 0 Å². The van der Waals surface area contributed by atoms with Crippen LogP contribution in [0.2, 0.25) is 0 Å². The van der Waals surface area contributed by atoms with Gasteiger partial charge in [0.05, 0.1) is 5.78 Å². The molecule has 0 spiro atoms. The topological polar surface area (TPSA) is 96.6 Å². The van der Waals surface area contributed by atoms with E-state index in [0.717, 1.165) is 11.1 Å². The van der Waals surface area contributed by atoms with Crippen molar-refractivity contribution in [3.8, 4) is 10.6 Å². The zero-order valence-corrected chi connectivity index (χ0v) is 17.2. The van der Waals surface area contributed by atoms with Gasteiger partial charge in [-0.05, 0) is 17.7 Å². The molecule has 2 aromatic heterocycles. The molecule has 2 unspecified atom stereocenters. The summed E-state index contributed by atoms with van der Waals surface area (Å²) in [7, 11) is 2.51. The van der Waals surface area contributed by atoms with E-state index in [0.29, 0.717) is 5.01 Å². The van der Waals surface area contributed by atoms with Crippen molar-refractivity contribution in [1.29, 1.82) is 5.41 Å². The van der Waals surface area contributed by atoms with Gasteiger partial charge in [0, 0.05) is 17.7 Å². The summed E-state index contributed by atoms with van der Waals surface area (Å²) in [4.78, 5) is 13.4. The fraction of sp³-hybridized carbons (Fsp3) is 0.222. The second-order valence-electron chi connectivity index (χ2n) is 5.95. The molecule has 1 aromatic carbocycles. The third kappa shape index (κ3) is 5.61. The van der Waals surface area contributed by atoms with Crippen LogP contribution >= 0.6 is 20.6 Å². The predicted octanol–water partition coefficient (Wildman–Crippen LogP) is 2.56. The Morgan fingerprint density at radius 2 is 2.04 bits per heavy atom. The summed E-state index contributed by atoms with van der Waals surface area (Å²) in [6.07, 6.45) is 3.56. The lowest BCUT2D eigenvalue weighted by Crippen LogP contribution is -2.37. The van der Waals surface area contributed by atoms with Crippen LogP contribution in [0.4, 0.5) is 0 Å². The van der Waals surface area contributed by atoms with Crippen LogP contribution in [0.3, 0.4) is 0 Å². The van der Waals surface area contributed by atoms with Gasteiger partial charge in [-0.3, -0.25) is 5.41 Å². The number of benzene rings is 1.